The van der Waals surface area contributed by atoms with Crippen molar-refractivity contribution in [2.45, 2.75) is 20.0 Å². The van der Waals surface area contributed by atoms with Crippen LogP contribution in [0.5, 0.6) is 0 Å². The molecule has 20 heavy (non-hydrogen) atoms. The van der Waals surface area contributed by atoms with Gasteiger partial charge in [-0.1, -0.05) is 0 Å². The van der Waals surface area contributed by atoms with Crippen LogP contribution in [0.15, 0.2) is 17.8 Å². The van der Waals surface area contributed by atoms with Gasteiger partial charge in [-0.05, 0) is 19.9 Å². The minimum Gasteiger partial charge on any atom is -0.461 e. The summed E-state index contributed by atoms with van der Waals surface area (Å²) < 4.78 is 42.7. The van der Waals surface area contributed by atoms with E-state index in [2.05, 4.69) is 4.98 Å². The molecule has 0 radical (unpaired) electrons. The largest absolute Gasteiger partial charge is 0.461 e. The molecule has 0 unspecified atom stereocenters. The Morgan fingerprint density at radius 2 is 2.25 bits per heavy atom. The lowest BCUT2D eigenvalue weighted by Crippen LogP contribution is -2.20. The number of hydrogen-bond donors (Lipinski definition) is 2. The molecule has 0 fully saturated rings. The first-order valence-electron chi connectivity index (χ1n) is 5.60. The number of H-pyrrole nitrogens is 1. The predicted molar refractivity (Wildman–Crippen MR) is 64.9 cm³/mol. The van der Waals surface area contributed by atoms with E-state index in [0.717, 1.165) is 0 Å². The van der Waals surface area contributed by atoms with Gasteiger partial charge in [-0.2, -0.15) is 18.4 Å². The van der Waals surface area contributed by atoms with Gasteiger partial charge in [0.25, 0.3) is 0 Å². The van der Waals surface area contributed by atoms with Crippen LogP contribution in [0.2, 0.25) is 0 Å². The Morgan fingerprint density at radius 1 is 1.60 bits per heavy atom. The number of hydrogen-bond acceptors (Lipinski definition) is 4. The molecule has 0 atom stereocenters. The van der Waals surface area contributed by atoms with Crippen molar-refractivity contribution in [3.63, 3.8) is 0 Å². The summed E-state index contributed by atoms with van der Waals surface area (Å²) in [5, 5.41) is 10.4. The number of esters is 1. The quantitative estimate of drug-likeness (QED) is 0.659. The highest BCUT2D eigenvalue weighted by Crippen LogP contribution is 2.29. The summed E-state index contributed by atoms with van der Waals surface area (Å²) in [5.74, 6) is -0.776. The number of anilines is 1. The highest BCUT2D eigenvalue weighted by Gasteiger charge is 2.35. The number of aromatic nitrogens is 1. The number of alkyl halides is 3. The predicted octanol–water partition coefficient (Wildman–Crippen LogP) is 2.88. The number of allylic oxidation sites excluding steroid dienone is 2. The monoisotopic (exact) mass is 287 g/mol. The molecule has 0 aromatic carbocycles. The van der Waals surface area contributed by atoms with Crippen LogP contribution >= 0.6 is 0 Å². The molecule has 1 aromatic rings. The number of aryl methyl sites for hydroxylation is 1. The van der Waals surface area contributed by atoms with Gasteiger partial charge in [0.15, 0.2) is 0 Å². The maximum atomic E-state index is 12.7. The fourth-order valence-electron chi connectivity index (χ4n) is 1.45. The number of carbonyl (C=O) groups is 1. The zero-order valence-electron chi connectivity index (χ0n) is 10.8. The highest BCUT2D eigenvalue weighted by molar-refractivity contribution is 5.94. The number of nitrogens with zero attached hydrogens (tertiary/aromatic N) is 1. The second-order valence-electron chi connectivity index (χ2n) is 3.77. The minimum atomic E-state index is -4.73. The molecule has 0 spiro atoms. The van der Waals surface area contributed by atoms with E-state index >= 15 is 0 Å². The van der Waals surface area contributed by atoms with E-state index in [4.69, 9.17) is 10.00 Å². The van der Waals surface area contributed by atoms with E-state index in [-0.39, 0.29) is 18.0 Å². The lowest BCUT2D eigenvalue weighted by Gasteiger charge is -2.13. The molecule has 5 nitrogen and oxygen atoms in total. The lowest BCUT2D eigenvalue weighted by molar-refractivity contribution is -0.0902. The van der Waals surface area contributed by atoms with Crippen LogP contribution in [0.1, 0.15) is 23.1 Å². The standard InChI is InChI=1S/C12H12F3N3O2/c1-3-20-11(19)10-8(6-7(2)17-10)18-9(4-5-16)12(13,14)15/h4,6,17-18H,3H2,1-2H3/b9-4-. The Bertz CT molecular complexity index is 567. The van der Waals surface area contributed by atoms with Gasteiger partial charge in [-0.3, -0.25) is 0 Å². The van der Waals surface area contributed by atoms with Crippen molar-refractivity contribution in [3.8, 4) is 6.07 Å². The van der Waals surface area contributed by atoms with Crippen LogP contribution in [-0.2, 0) is 4.74 Å². The third-order valence-corrected chi connectivity index (χ3v) is 2.22. The molecule has 2 N–H and O–H groups in total. The molecule has 1 heterocycles. The summed E-state index contributed by atoms with van der Waals surface area (Å²) in [5.41, 5.74) is -1.00. The number of nitriles is 1. The number of halogens is 3. The molecule has 0 aliphatic heterocycles. The molecule has 108 valence electrons. The SMILES string of the molecule is CCOC(=O)c1[nH]c(C)cc1N/C(=C\C#N)C(F)(F)F. The fraction of sp³-hybridized carbons (Fsp3) is 0.333. The Labute approximate surface area is 113 Å². The number of carbonyl (C=O) groups excluding carboxylic acids is 1. The minimum absolute atomic E-state index is 0.0938. The third kappa shape index (κ3) is 3.78. The first kappa shape index (κ1) is 15.6. The van der Waals surface area contributed by atoms with Gasteiger partial charge in [0.1, 0.15) is 11.4 Å². The molecule has 1 rings (SSSR count). The van der Waals surface area contributed by atoms with Crippen LogP contribution in [0.3, 0.4) is 0 Å². The average molecular weight is 287 g/mol. The Hall–Kier alpha value is -2.43. The van der Waals surface area contributed by atoms with E-state index in [9.17, 15) is 18.0 Å². The molecule has 0 bridgehead atoms. The first-order valence-corrected chi connectivity index (χ1v) is 5.60. The number of rotatable bonds is 4. The van der Waals surface area contributed by atoms with Crippen molar-refractivity contribution in [1.29, 1.82) is 5.26 Å². The second kappa shape index (κ2) is 6.14. The second-order valence-corrected chi connectivity index (χ2v) is 3.77. The van der Waals surface area contributed by atoms with E-state index < -0.39 is 17.8 Å². The molecule has 8 heteroatoms. The number of aromatic amines is 1. The Morgan fingerprint density at radius 3 is 2.75 bits per heavy atom. The normalized spacial score (nSPS) is 11.9. The topological polar surface area (TPSA) is 77.9 Å². The maximum Gasteiger partial charge on any atom is 0.431 e. The summed E-state index contributed by atoms with van der Waals surface area (Å²) in [7, 11) is 0. The first-order chi connectivity index (χ1) is 9.29. The van der Waals surface area contributed by atoms with Crippen molar-refractivity contribution in [2.24, 2.45) is 0 Å². The molecule has 0 saturated carbocycles. The van der Waals surface area contributed by atoms with Crippen molar-refractivity contribution < 1.29 is 22.7 Å². The zero-order valence-corrected chi connectivity index (χ0v) is 10.8. The zero-order chi connectivity index (χ0) is 15.3. The molecule has 1 aromatic heterocycles. The van der Waals surface area contributed by atoms with E-state index in [1.807, 2.05) is 5.32 Å². The van der Waals surface area contributed by atoms with E-state index in [0.29, 0.717) is 11.8 Å². The molecule has 0 amide bonds. The highest BCUT2D eigenvalue weighted by atomic mass is 19.4. The summed E-state index contributed by atoms with van der Waals surface area (Å²) in [6.07, 6.45) is -4.40. The van der Waals surface area contributed by atoms with Crippen LogP contribution < -0.4 is 5.32 Å². The number of nitrogens with one attached hydrogen (secondary N) is 2. The van der Waals surface area contributed by atoms with Gasteiger partial charge in [-0.15, -0.1) is 0 Å². The van der Waals surface area contributed by atoms with Crippen LogP contribution in [0, 0.1) is 18.3 Å². The summed E-state index contributed by atoms with van der Waals surface area (Å²) >= 11 is 0. The van der Waals surface area contributed by atoms with Gasteiger partial charge < -0.3 is 15.0 Å². The van der Waals surface area contributed by atoms with Gasteiger partial charge in [0.2, 0.25) is 0 Å². The summed E-state index contributed by atoms with van der Waals surface area (Å²) in [4.78, 5) is 14.2. The van der Waals surface area contributed by atoms with Crippen LogP contribution in [-0.4, -0.2) is 23.7 Å². The van der Waals surface area contributed by atoms with Gasteiger partial charge in [0, 0.05) is 11.8 Å². The third-order valence-electron chi connectivity index (χ3n) is 2.22. The Balaban J connectivity index is 3.12. The summed E-state index contributed by atoms with van der Waals surface area (Å²) in [6, 6.07) is 2.63. The van der Waals surface area contributed by atoms with E-state index in [1.165, 1.54) is 12.1 Å². The molecular weight excluding hydrogens is 275 g/mol. The average Bonchev–Trinajstić information content (AvgIpc) is 2.69. The molecular formula is C12H12F3N3O2. The van der Waals surface area contributed by atoms with Crippen molar-refractivity contribution in [3.05, 3.63) is 29.2 Å². The van der Waals surface area contributed by atoms with Gasteiger partial charge in [0.05, 0.1) is 18.4 Å². The smallest absolute Gasteiger partial charge is 0.431 e. The number of ether oxygens (including phenoxy) is 1. The van der Waals surface area contributed by atoms with Gasteiger partial charge in [-0.25, -0.2) is 4.79 Å². The molecule has 0 saturated heterocycles. The van der Waals surface area contributed by atoms with Crippen molar-refractivity contribution in [1.82, 2.24) is 4.98 Å². The van der Waals surface area contributed by atoms with Crippen LogP contribution in [0.4, 0.5) is 18.9 Å². The van der Waals surface area contributed by atoms with Crippen molar-refractivity contribution in [2.75, 3.05) is 11.9 Å². The van der Waals surface area contributed by atoms with Crippen LogP contribution in [0.25, 0.3) is 0 Å². The summed E-state index contributed by atoms with van der Waals surface area (Å²) in [6.45, 7) is 3.25. The fourth-order valence-corrected chi connectivity index (χ4v) is 1.45. The molecule has 0 aliphatic carbocycles. The van der Waals surface area contributed by atoms with E-state index in [1.54, 1.807) is 13.8 Å². The molecule has 0 aliphatic rings. The van der Waals surface area contributed by atoms with Crippen molar-refractivity contribution >= 4 is 11.7 Å². The lowest BCUT2D eigenvalue weighted by atomic mass is 10.3. The Kier molecular flexibility index (Phi) is 4.80. The maximum absolute atomic E-state index is 12.7. The van der Waals surface area contributed by atoms with Gasteiger partial charge >= 0.3 is 12.1 Å².